The summed E-state index contributed by atoms with van der Waals surface area (Å²) in [6, 6.07) is 2.12. The van der Waals surface area contributed by atoms with Crippen LogP contribution in [0.5, 0.6) is 0 Å². The van der Waals surface area contributed by atoms with Crippen LogP contribution in [0.4, 0.5) is 0 Å². The van der Waals surface area contributed by atoms with E-state index in [4.69, 9.17) is 14.7 Å². The largest absolute Gasteiger partial charge is 0.465 e. The molecule has 0 aromatic rings. The number of carbonyl (C=O) groups is 2. The van der Waals surface area contributed by atoms with Gasteiger partial charge in [0.2, 0.25) is 0 Å². The molecule has 1 rings (SSSR count). The molecule has 0 bridgehead atoms. The van der Waals surface area contributed by atoms with E-state index < -0.39 is 17.4 Å². The minimum absolute atomic E-state index is 0.0406. The van der Waals surface area contributed by atoms with Crippen LogP contribution in [0.15, 0.2) is 0 Å². The first-order valence-electron chi connectivity index (χ1n) is 6.73. The van der Waals surface area contributed by atoms with Crippen LogP contribution in [0.3, 0.4) is 0 Å². The number of ether oxygens (including phenoxy) is 2. The van der Waals surface area contributed by atoms with Gasteiger partial charge in [0.1, 0.15) is 0 Å². The van der Waals surface area contributed by atoms with Crippen molar-refractivity contribution in [3.8, 4) is 6.07 Å². The number of hydrogen-bond acceptors (Lipinski definition) is 5. The summed E-state index contributed by atoms with van der Waals surface area (Å²) in [7, 11) is 0. The highest BCUT2D eigenvalue weighted by Crippen LogP contribution is 2.48. The molecule has 0 spiro atoms. The molecule has 0 saturated heterocycles. The smallest absolute Gasteiger partial charge is 0.323 e. The molecule has 19 heavy (non-hydrogen) atoms. The Morgan fingerprint density at radius 2 is 1.74 bits per heavy atom. The Balaban J connectivity index is 2.99. The molecule has 0 amide bonds. The second-order valence-corrected chi connectivity index (χ2v) is 5.03. The monoisotopic (exact) mass is 267 g/mol. The second-order valence-electron chi connectivity index (χ2n) is 5.03. The molecule has 1 fully saturated rings. The molecule has 0 N–H and O–H groups in total. The summed E-state index contributed by atoms with van der Waals surface area (Å²) in [4.78, 5) is 24.3. The van der Waals surface area contributed by atoms with Gasteiger partial charge in [-0.1, -0.05) is 6.92 Å². The average molecular weight is 267 g/mol. The van der Waals surface area contributed by atoms with Gasteiger partial charge in [-0.3, -0.25) is 9.59 Å². The van der Waals surface area contributed by atoms with Crippen molar-refractivity contribution in [2.75, 3.05) is 13.2 Å². The van der Waals surface area contributed by atoms with Crippen LogP contribution in [0, 0.1) is 28.6 Å². The van der Waals surface area contributed by atoms with Gasteiger partial charge < -0.3 is 9.47 Å². The van der Waals surface area contributed by atoms with Gasteiger partial charge >= 0.3 is 11.9 Å². The fourth-order valence-electron chi connectivity index (χ4n) is 2.79. The van der Waals surface area contributed by atoms with Gasteiger partial charge in [0, 0.05) is 6.42 Å². The Morgan fingerprint density at radius 1 is 1.21 bits per heavy atom. The molecule has 0 heterocycles. The standard InChI is InChI=1S/C14H21NO4/c1-4-18-12(16)14(13(17)19-5-2)8-10(3)11(9-14)6-7-15/h10-11H,4-6,8-9H2,1-3H3/t10-,11+/m1/s1. The molecule has 0 radical (unpaired) electrons. The first-order chi connectivity index (χ1) is 9.01. The van der Waals surface area contributed by atoms with Crippen molar-refractivity contribution >= 4 is 11.9 Å². The molecule has 1 saturated carbocycles. The lowest BCUT2D eigenvalue weighted by Crippen LogP contribution is -2.40. The van der Waals surface area contributed by atoms with Crippen LogP contribution in [0.25, 0.3) is 0 Å². The quantitative estimate of drug-likeness (QED) is 0.563. The fraction of sp³-hybridized carbons (Fsp3) is 0.786. The third kappa shape index (κ3) is 3.06. The van der Waals surface area contributed by atoms with E-state index in [1.807, 2.05) is 6.92 Å². The molecule has 106 valence electrons. The summed E-state index contributed by atoms with van der Waals surface area (Å²) < 4.78 is 10.1. The van der Waals surface area contributed by atoms with Crippen molar-refractivity contribution in [3.63, 3.8) is 0 Å². The Labute approximate surface area is 113 Å². The minimum Gasteiger partial charge on any atom is -0.465 e. The summed E-state index contributed by atoms with van der Waals surface area (Å²) in [6.07, 6.45) is 1.10. The van der Waals surface area contributed by atoms with Gasteiger partial charge in [-0.25, -0.2) is 0 Å². The SMILES string of the molecule is CCOC(=O)C1(C(=O)OCC)C[C@H](CC#N)[C@H](C)C1. The molecule has 1 aliphatic rings. The Hall–Kier alpha value is -1.57. The van der Waals surface area contributed by atoms with Crippen LogP contribution in [0.2, 0.25) is 0 Å². The van der Waals surface area contributed by atoms with Crippen molar-refractivity contribution in [2.24, 2.45) is 17.3 Å². The highest BCUT2D eigenvalue weighted by Gasteiger charge is 2.56. The van der Waals surface area contributed by atoms with Gasteiger partial charge in [0.05, 0.1) is 19.3 Å². The van der Waals surface area contributed by atoms with Crippen LogP contribution in [0.1, 0.15) is 40.0 Å². The Kier molecular flexibility index (Phi) is 5.34. The van der Waals surface area contributed by atoms with Gasteiger partial charge in [0.25, 0.3) is 0 Å². The van der Waals surface area contributed by atoms with Gasteiger partial charge in [-0.15, -0.1) is 0 Å². The number of hydrogen-bond donors (Lipinski definition) is 0. The maximum atomic E-state index is 12.2. The van der Waals surface area contributed by atoms with Crippen LogP contribution < -0.4 is 0 Å². The lowest BCUT2D eigenvalue weighted by atomic mass is 9.84. The van der Waals surface area contributed by atoms with E-state index in [0.29, 0.717) is 19.3 Å². The minimum atomic E-state index is -1.22. The van der Waals surface area contributed by atoms with E-state index in [0.717, 1.165) is 0 Å². The summed E-state index contributed by atoms with van der Waals surface area (Å²) in [5.74, 6) is -0.853. The highest BCUT2D eigenvalue weighted by molar-refractivity contribution is 6.00. The zero-order valence-electron chi connectivity index (χ0n) is 11.8. The predicted molar refractivity (Wildman–Crippen MR) is 67.8 cm³/mol. The topological polar surface area (TPSA) is 76.4 Å². The molecule has 5 heteroatoms. The molecule has 1 aliphatic carbocycles. The molecule has 2 atom stereocenters. The zero-order valence-corrected chi connectivity index (χ0v) is 11.8. The number of nitrogens with zero attached hydrogens (tertiary/aromatic N) is 1. The van der Waals surface area contributed by atoms with E-state index in [1.165, 1.54) is 0 Å². The Bertz CT molecular complexity index is 367. The summed E-state index contributed by atoms with van der Waals surface area (Å²) in [6.45, 7) is 5.85. The Morgan fingerprint density at radius 3 is 2.16 bits per heavy atom. The highest BCUT2D eigenvalue weighted by atomic mass is 16.6. The molecule has 0 aromatic heterocycles. The van der Waals surface area contributed by atoms with E-state index in [2.05, 4.69) is 6.07 Å². The van der Waals surface area contributed by atoms with Crippen molar-refractivity contribution in [1.82, 2.24) is 0 Å². The molecule has 5 nitrogen and oxygen atoms in total. The molecular formula is C14H21NO4. The van der Waals surface area contributed by atoms with E-state index in [-0.39, 0.29) is 25.0 Å². The summed E-state index contributed by atoms with van der Waals surface area (Å²) in [5.41, 5.74) is -1.22. The summed E-state index contributed by atoms with van der Waals surface area (Å²) in [5, 5.41) is 8.82. The first kappa shape index (κ1) is 15.5. The third-order valence-corrected chi connectivity index (χ3v) is 3.77. The van der Waals surface area contributed by atoms with E-state index in [1.54, 1.807) is 13.8 Å². The van der Waals surface area contributed by atoms with Crippen molar-refractivity contribution < 1.29 is 19.1 Å². The lowest BCUT2D eigenvalue weighted by Gasteiger charge is -2.24. The van der Waals surface area contributed by atoms with Crippen molar-refractivity contribution in [3.05, 3.63) is 0 Å². The summed E-state index contributed by atoms with van der Waals surface area (Å²) >= 11 is 0. The van der Waals surface area contributed by atoms with Crippen molar-refractivity contribution in [2.45, 2.75) is 40.0 Å². The van der Waals surface area contributed by atoms with Crippen LogP contribution in [-0.4, -0.2) is 25.2 Å². The van der Waals surface area contributed by atoms with E-state index in [9.17, 15) is 9.59 Å². The number of rotatable bonds is 5. The molecule has 0 aliphatic heterocycles. The van der Waals surface area contributed by atoms with Gasteiger partial charge in [-0.2, -0.15) is 5.26 Å². The second kappa shape index (κ2) is 6.55. The van der Waals surface area contributed by atoms with Crippen LogP contribution in [-0.2, 0) is 19.1 Å². The first-order valence-corrected chi connectivity index (χ1v) is 6.73. The number of carbonyl (C=O) groups excluding carboxylic acids is 2. The van der Waals surface area contributed by atoms with Crippen molar-refractivity contribution in [1.29, 1.82) is 5.26 Å². The fourth-order valence-corrected chi connectivity index (χ4v) is 2.79. The molecule has 0 aromatic carbocycles. The maximum Gasteiger partial charge on any atom is 0.323 e. The predicted octanol–water partition coefficient (Wildman–Crippen LogP) is 2.06. The van der Waals surface area contributed by atoms with Gasteiger partial charge in [-0.05, 0) is 38.5 Å². The molecular weight excluding hydrogens is 246 g/mol. The lowest BCUT2D eigenvalue weighted by molar-refractivity contribution is -0.172. The maximum absolute atomic E-state index is 12.2. The molecule has 0 unspecified atom stereocenters. The van der Waals surface area contributed by atoms with Crippen LogP contribution >= 0.6 is 0 Å². The third-order valence-electron chi connectivity index (χ3n) is 3.77. The van der Waals surface area contributed by atoms with Gasteiger partial charge in [0.15, 0.2) is 5.41 Å². The zero-order chi connectivity index (χ0) is 14.5. The normalized spacial score (nSPS) is 24.5. The number of esters is 2. The van der Waals surface area contributed by atoms with E-state index >= 15 is 0 Å². The average Bonchev–Trinajstić information content (AvgIpc) is 2.69. The number of nitriles is 1.